The molecular formula is C14H20FN3O3. The number of nitro benzene ring substituents is 1. The first-order valence-corrected chi connectivity index (χ1v) is 6.87. The fraction of sp³-hybridized carbons (Fsp3) is 0.571. The van der Waals surface area contributed by atoms with Gasteiger partial charge >= 0.3 is 5.69 Å². The van der Waals surface area contributed by atoms with E-state index in [2.05, 4.69) is 0 Å². The summed E-state index contributed by atoms with van der Waals surface area (Å²) in [6.45, 7) is 1.48. The van der Waals surface area contributed by atoms with Gasteiger partial charge in [0.1, 0.15) is 0 Å². The second kappa shape index (κ2) is 6.46. The van der Waals surface area contributed by atoms with Gasteiger partial charge in [-0.1, -0.05) is 12.1 Å². The molecule has 6 nitrogen and oxygen atoms in total. The number of nitro groups is 1. The van der Waals surface area contributed by atoms with E-state index in [4.69, 9.17) is 0 Å². The molecule has 1 heterocycles. The maximum Gasteiger partial charge on any atom is 0.305 e. The predicted molar refractivity (Wildman–Crippen MR) is 76.4 cm³/mol. The Kier molecular flexibility index (Phi) is 4.87. The van der Waals surface area contributed by atoms with Crippen LogP contribution in [0, 0.1) is 15.9 Å². The lowest BCUT2D eigenvalue weighted by molar-refractivity contribution is -0.387. The number of aliphatic hydroxyl groups is 1. The number of aliphatic hydroxyl groups excluding tert-OH is 1. The highest BCUT2D eigenvalue weighted by molar-refractivity contribution is 5.36. The van der Waals surface area contributed by atoms with Crippen molar-refractivity contribution in [3.63, 3.8) is 0 Å². The number of nitrogens with zero attached hydrogens (tertiary/aromatic N) is 3. The van der Waals surface area contributed by atoms with Crippen LogP contribution in [0.4, 0.5) is 10.1 Å². The Balaban J connectivity index is 2.17. The Hall–Kier alpha value is -1.57. The second-order valence-electron chi connectivity index (χ2n) is 5.74. The molecule has 0 radical (unpaired) electrons. The lowest BCUT2D eigenvalue weighted by Gasteiger charge is -2.26. The molecule has 2 unspecified atom stereocenters. The molecule has 1 saturated heterocycles. The van der Waals surface area contributed by atoms with Gasteiger partial charge in [0.05, 0.1) is 11.0 Å². The molecule has 1 aromatic carbocycles. The van der Waals surface area contributed by atoms with E-state index in [1.165, 1.54) is 6.07 Å². The normalized spacial score (nSPS) is 22.9. The van der Waals surface area contributed by atoms with E-state index in [-0.39, 0.29) is 12.6 Å². The zero-order valence-corrected chi connectivity index (χ0v) is 12.2. The molecule has 7 heteroatoms. The van der Waals surface area contributed by atoms with Crippen molar-refractivity contribution in [3.05, 3.63) is 39.7 Å². The molecule has 0 aliphatic carbocycles. The van der Waals surface area contributed by atoms with Gasteiger partial charge in [-0.3, -0.25) is 15.0 Å². The molecule has 0 amide bonds. The Morgan fingerprint density at radius 1 is 1.52 bits per heavy atom. The highest BCUT2D eigenvalue weighted by Crippen LogP contribution is 2.25. The van der Waals surface area contributed by atoms with E-state index in [0.29, 0.717) is 18.5 Å². The van der Waals surface area contributed by atoms with E-state index in [9.17, 15) is 19.6 Å². The number of hydrogen-bond donors (Lipinski definition) is 1. The highest BCUT2D eigenvalue weighted by Gasteiger charge is 2.32. The predicted octanol–water partition coefficient (Wildman–Crippen LogP) is 1.23. The fourth-order valence-corrected chi connectivity index (χ4v) is 2.81. The lowest BCUT2D eigenvalue weighted by Crippen LogP contribution is -2.37. The van der Waals surface area contributed by atoms with Gasteiger partial charge < -0.3 is 10.0 Å². The quantitative estimate of drug-likeness (QED) is 0.654. The fourth-order valence-electron chi connectivity index (χ4n) is 2.81. The zero-order valence-electron chi connectivity index (χ0n) is 12.2. The minimum Gasteiger partial charge on any atom is -0.392 e. The van der Waals surface area contributed by atoms with Crippen LogP contribution >= 0.6 is 0 Å². The molecule has 1 fully saturated rings. The van der Waals surface area contributed by atoms with Gasteiger partial charge in [0.2, 0.25) is 5.82 Å². The Bertz CT molecular complexity index is 524. The SMILES string of the molecule is CN(C)CC1CC(O)CN1Cc1cccc([N+](=O)[O-])c1F. The number of rotatable bonds is 5. The summed E-state index contributed by atoms with van der Waals surface area (Å²) in [5, 5.41) is 20.6. The van der Waals surface area contributed by atoms with Gasteiger partial charge in [-0.05, 0) is 20.5 Å². The van der Waals surface area contributed by atoms with E-state index < -0.39 is 22.5 Å². The van der Waals surface area contributed by atoms with E-state index in [1.54, 1.807) is 6.07 Å². The van der Waals surface area contributed by atoms with Crippen molar-refractivity contribution < 1.29 is 14.4 Å². The van der Waals surface area contributed by atoms with Crippen molar-refractivity contribution in [3.8, 4) is 0 Å². The second-order valence-corrected chi connectivity index (χ2v) is 5.74. The molecule has 1 aromatic rings. The molecule has 0 aromatic heterocycles. The first kappa shape index (κ1) is 15.8. The highest BCUT2D eigenvalue weighted by atomic mass is 19.1. The first-order valence-electron chi connectivity index (χ1n) is 6.87. The van der Waals surface area contributed by atoms with Crippen LogP contribution in [0.15, 0.2) is 18.2 Å². The molecule has 1 N–H and O–H groups in total. The third-order valence-electron chi connectivity index (χ3n) is 3.71. The summed E-state index contributed by atoms with van der Waals surface area (Å²) < 4.78 is 14.1. The number of halogens is 1. The number of benzene rings is 1. The van der Waals surface area contributed by atoms with Crippen molar-refractivity contribution in [1.82, 2.24) is 9.80 Å². The van der Waals surface area contributed by atoms with Crippen LogP contribution in [-0.4, -0.2) is 59.2 Å². The topological polar surface area (TPSA) is 69.8 Å². The van der Waals surface area contributed by atoms with Crippen molar-refractivity contribution in [1.29, 1.82) is 0 Å². The molecule has 0 spiro atoms. The maximum absolute atomic E-state index is 14.1. The molecule has 2 rings (SSSR count). The summed E-state index contributed by atoms with van der Waals surface area (Å²) in [5.74, 6) is -0.785. The van der Waals surface area contributed by atoms with E-state index >= 15 is 0 Å². The summed E-state index contributed by atoms with van der Waals surface area (Å²) in [4.78, 5) is 14.1. The van der Waals surface area contributed by atoms with Crippen LogP contribution in [0.25, 0.3) is 0 Å². The summed E-state index contributed by atoms with van der Waals surface area (Å²) >= 11 is 0. The van der Waals surface area contributed by atoms with Crippen LogP contribution in [0.2, 0.25) is 0 Å². The van der Waals surface area contributed by atoms with Gasteiger partial charge in [-0.15, -0.1) is 0 Å². The Labute approximate surface area is 122 Å². The number of likely N-dealkylation sites (N-methyl/N-ethyl adjacent to an activating group) is 1. The summed E-state index contributed by atoms with van der Waals surface area (Å²) in [5.41, 5.74) is -0.210. The van der Waals surface area contributed by atoms with Crippen LogP contribution < -0.4 is 0 Å². The van der Waals surface area contributed by atoms with Crippen LogP contribution in [0.1, 0.15) is 12.0 Å². The first-order chi connectivity index (χ1) is 9.88. The number of β-amino-alcohol motifs (C(OH)–C–C–N with tert-alkyl or cyclic N) is 1. The molecule has 1 aliphatic rings. The maximum atomic E-state index is 14.1. The van der Waals surface area contributed by atoms with Crippen molar-refractivity contribution in [2.45, 2.75) is 25.1 Å². The molecule has 0 saturated carbocycles. The van der Waals surface area contributed by atoms with Crippen LogP contribution in [0.3, 0.4) is 0 Å². The number of hydrogen-bond acceptors (Lipinski definition) is 5. The van der Waals surface area contributed by atoms with Gasteiger partial charge in [-0.25, -0.2) is 0 Å². The molecule has 0 bridgehead atoms. The number of likely N-dealkylation sites (tertiary alicyclic amines) is 1. The third kappa shape index (κ3) is 3.75. The van der Waals surface area contributed by atoms with Crippen LogP contribution in [0.5, 0.6) is 0 Å². The average molecular weight is 297 g/mol. The van der Waals surface area contributed by atoms with Gasteiger partial charge in [0, 0.05) is 37.3 Å². The molecule has 116 valence electrons. The van der Waals surface area contributed by atoms with Crippen molar-refractivity contribution in [2.24, 2.45) is 0 Å². The average Bonchev–Trinajstić information content (AvgIpc) is 2.70. The van der Waals surface area contributed by atoms with Crippen molar-refractivity contribution >= 4 is 5.69 Å². The molecular weight excluding hydrogens is 277 g/mol. The van der Waals surface area contributed by atoms with Gasteiger partial charge in [-0.2, -0.15) is 4.39 Å². The third-order valence-corrected chi connectivity index (χ3v) is 3.71. The largest absolute Gasteiger partial charge is 0.392 e. The Morgan fingerprint density at radius 2 is 2.24 bits per heavy atom. The monoisotopic (exact) mass is 297 g/mol. The molecule has 2 atom stereocenters. The van der Waals surface area contributed by atoms with Gasteiger partial charge in [0.15, 0.2) is 0 Å². The van der Waals surface area contributed by atoms with Crippen molar-refractivity contribution in [2.75, 3.05) is 27.2 Å². The smallest absolute Gasteiger partial charge is 0.305 e. The Morgan fingerprint density at radius 3 is 2.86 bits per heavy atom. The summed E-state index contributed by atoms with van der Waals surface area (Å²) in [6, 6.07) is 4.33. The minimum atomic E-state index is -0.785. The summed E-state index contributed by atoms with van der Waals surface area (Å²) in [6.07, 6.45) is 0.200. The summed E-state index contributed by atoms with van der Waals surface area (Å²) in [7, 11) is 3.88. The zero-order chi connectivity index (χ0) is 15.6. The van der Waals surface area contributed by atoms with E-state index in [1.807, 2.05) is 23.9 Å². The molecule has 1 aliphatic heterocycles. The minimum absolute atomic E-state index is 0.119. The van der Waals surface area contributed by atoms with Gasteiger partial charge in [0.25, 0.3) is 0 Å². The lowest BCUT2D eigenvalue weighted by atomic mass is 10.1. The van der Waals surface area contributed by atoms with Crippen LogP contribution in [-0.2, 0) is 6.54 Å². The van der Waals surface area contributed by atoms with E-state index in [0.717, 1.165) is 12.6 Å². The standard InChI is InChI=1S/C14H20FN3O3/c1-16(2)8-11-6-12(19)9-17(11)7-10-4-3-5-13(14(10)15)18(20)21/h3-5,11-12,19H,6-9H2,1-2H3. The molecule has 21 heavy (non-hydrogen) atoms.